The number of aliphatic hydroxyl groups is 1. The first-order valence-electron chi connectivity index (χ1n) is 5.31. The maximum atomic E-state index is 11.5. The Morgan fingerprint density at radius 1 is 1.39 bits per heavy atom. The van der Waals surface area contributed by atoms with E-state index in [2.05, 4.69) is 4.74 Å². The first kappa shape index (κ1) is 14.1. The molecule has 0 amide bonds. The SMILES string of the molecule is COC(=O)C(C)(C)[C@@H](O)c1ccc([N+](=O)[O-])cc1. The number of aliphatic hydroxyl groups excluding tert-OH is 1. The number of nitrogens with zero attached hydrogens (tertiary/aromatic N) is 1. The average Bonchev–Trinajstić information content (AvgIpc) is 2.36. The van der Waals surface area contributed by atoms with Crippen LogP contribution in [0.2, 0.25) is 0 Å². The third kappa shape index (κ3) is 2.65. The maximum Gasteiger partial charge on any atom is 0.314 e. The van der Waals surface area contributed by atoms with Crippen molar-refractivity contribution >= 4 is 11.7 Å². The highest BCUT2D eigenvalue weighted by Crippen LogP contribution is 2.34. The summed E-state index contributed by atoms with van der Waals surface area (Å²) in [5.74, 6) is -0.548. The number of rotatable bonds is 4. The van der Waals surface area contributed by atoms with E-state index in [9.17, 15) is 20.0 Å². The second-order valence-corrected chi connectivity index (χ2v) is 4.46. The van der Waals surface area contributed by atoms with Crippen LogP contribution < -0.4 is 0 Å². The number of carbonyl (C=O) groups is 1. The minimum absolute atomic E-state index is 0.0678. The van der Waals surface area contributed by atoms with E-state index in [-0.39, 0.29) is 5.69 Å². The Labute approximate surface area is 104 Å². The van der Waals surface area contributed by atoms with Gasteiger partial charge in [0.05, 0.1) is 23.6 Å². The number of methoxy groups -OCH3 is 1. The number of hydrogen-bond acceptors (Lipinski definition) is 5. The molecular weight excluding hydrogens is 238 g/mol. The van der Waals surface area contributed by atoms with Gasteiger partial charge in [-0.15, -0.1) is 0 Å². The van der Waals surface area contributed by atoms with Crippen LogP contribution in [0.3, 0.4) is 0 Å². The number of nitro benzene ring substituents is 1. The van der Waals surface area contributed by atoms with E-state index < -0.39 is 22.4 Å². The topological polar surface area (TPSA) is 89.7 Å². The van der Waals surface area contributed by atoms with Crippen LogP contribution in [0.4, 0.5) is 5.69 Å². The summed E-state index contributed by atoms with van der Waals surface area (Å²) in [6.45, 7) is 3.09. The van der Waals surface area contributed by atoms with Crippen LogP contribution in [-0.2, 0) is 9.53 Å². The van der Waals surface area contributed by atoms with Crippen molar-refractivity contribution in [2.75, 3.05) is 7.11 Å². The van der Waals surface area contributed by atoms with E-state index >= 15 is 0 Å². The molecule has 0 saturated carbocycles. The van der Waals surface area contributed by atoms with Crippen LogP contribution in [-0.4, -0.2) is 23.1 Å². The van der Waals surface area contributed by atoms with Crippen molar-refractivity contribution in [1.29, 1.82) is 0 Å². The minimum atomic E-state index is -1.12. The van der Waals surface area contributed by atoms with E-state index in [0.717, 1.165) is 0 Å². The molecule has 0 spiro atoms. The van der Waals surface area contributed by atoms with Crippen molar-refractivity contribution in [3.63, 3.8) is 0 Å². The standard InChI is InChI=1S/C12H15NO5/c1-12(2,11(15)18-3)10(14)8-4-6-9(7-5-8)13(16)17/h4-7,10,14H,1-3H3/t10-/m0/s1. The van der Waals surface area contributed by atoms with Crippen molar-refractivity contribution in [1.82, 2.24) is 0 Å². The van der Waals surface area contributed by atoms with Gasteiger partial charge in [0.1, 0.15) is 0 Å². The zero-order chi connectivity index (χ0) is 13.9. The van der Waals surface area contributed by atoms with Crippen LogP contribution in [0.1, 0.15) is 25.5 Å². The molecule has 0 bridgehead atoms. The number of non-ortho nitro benzene ring substituents is 1. The van der Waals surface area contributed by atoms with Crippen molar-refractivity contribution < 1.29 is 19.6 Å². The number of hydrogen-bond donors (Lipinski definition) is 1. The summed E-state index contributed by atoms with van der Waals surface area (Å²) in [7, 11) is 1.24. The minimum Gasteiger partial charge on any atom is -0.469 e. The van der Waals surface area contributed by atoms with Crippen LogP contribution in [0.25, 0.3) is 0 Å². The Hall–Kier alpha value is -1.95. The van der Waals surface area contributed by atoms with Crippen LogP contribution >= 0.6 is 0 Å². The Balaban J connectivity index is 3.00. The Morgan fingerprint density at radius 3 is 2.28 bits per heavy atom. The van der Waals surface area contributed by atoms with E-state index in [1.54, 1.807) is 13.8 Å². The monoisotopic (exact) mass is 253 g/mol. The highest BCUT2D eigenvalue weighted by atomic mass is 16.6. The largest absolute Gasteiger partial charge is 0.469 e. The molecule has 98 valence electrons. The second kappa shape index (κ2) is 5.14. The molecule has 1 atom stereocenters. The summed E-state index contributed by atoms with van der Waals surface area (Å²) in [5, 5.41) is 20.6. The van der Waals surface area contributed by atoms with E-state index in [1.165, 1.54) is 31.4 Å². The fourth-order valence-electron chi connectivity index (χ4n) is 1.57. The number of carbonyl (C=O) groups excluding carboxylic acids is 1. The second-order valence-electron chi connectivity index (χ2n) is 4.46. The van der Waals surface area contributed by atoms with Gasteiger partial charge in [-0.2, -0.15) is 0 Å². The fourth-order valence-corrected chi connectivity index (χ4v) is 1.57. The lowest BCUT2D eigenvalue weighted by Crippen LogP contribution is -2.32. The molecular formula is C12H15NO5. The van der Waals surface area contributed by atoms with Gasteiger partial charge in [0.15, 0.2) is 0 Å². The van der Waals surface area contributed by atoms with E-state index in [4.69, 9.17) is 0 Å². The van der Waals surface area contributed by atoms with Gasteiger partial charge < -0.3 is 9.84 Å². The van der Waals surface area contributed by atoms with Gasteiger partial charge in [0.2, 0.25) is 0 Å². The molecule has 1 N–H and O–H groups in total. The van der Waals surface area contributed by atoms with Gasteiger partial charge in [-0.05, 0) is 31.5 Å². The molecule has 0 saturated heterocycles. The first-order valence-corrected chi connectivity index (χ1v) is 5.31. The molecule has 0 aliphatic rings. The summed E-state index contributed by atoms with van der Waals surface area (Å²) >= 11 is 0. The molecule has 1 aromatic carbocycles. The van der Waals surface area contributed by atoms with Gasteiger partial charge in [0.25, 0.3) is 5.69 Å². The fraction of sp³-hybridized carbons (Fsp3) is 0.417. The first-order chi connectivity index (χ1) is 8.30. The van der Waals surface area contributed by atoms with Crippen molar-refractivity contribution in [3.8, 4) is 0 Å². The molecule has 6 heteroatoms. The normalized spacial score (nSPS) is 12.9. The molecule has 0 aliphatic heterocycles. The summed E-state index contributed by atoms with van der Waals surface area (Å²) in [6.07, 6.45) is -1.09. The highest BCUT2D eigenvalue weighted by Gasteiger charge is 2.37. The van der Waals surface area contributed by atoms with Crippen molar-refractivity contribution in [3.05, 3.63) is 39.9 Å². The molecule has 0 heterocycles. The predicted molar refractivity (Wildman–Crippen MR) is 63.9 cm³/mol. The zero-order valence-corrected chi connectivity index (χ0v) is 10.4. The number of nitro groups is 1. The Bertz CT molecular complexity index is 452. The Morgan fingerprint density at radius 2 is 1.89 bits per heavy atom. The molecule has 6 nitrogen and oxygen atoms in total. The molecule has 0 aromatic heterocycles. The smallest absolute Gasteiger partial charge is 0.314 e. The quantitative estimate of drug-likeness (QED) is 0.502. The van der Waals surface area contributed by atoms with Crippen LogP contribution in [0, 0.1) is 15.5 Å². The molecule has 1 rings (SSSR count). The molecule has 1 aromatic rings. The van der Waals surface area contributed by atoms with Crippen molar-refractivity contribution in [2.24, 2.45) is 5.41 Å². The molecule has 0 unspecified atom stereocenters. The van der Waals surface area contributed by atoms with E-state index in [1.807, 2.05) is 0 Å². The van der Waals surface area contributed by atoms with Gasteiger partial charge in [-0.1, -0.05) is 0 Å². The van der Waals surface area contributed by atoms with Gasteiger partial charge in [0, 0.05) is 12.1 Å². The van der Waals surface area contributed by atoms with Crippen LogP contribution in [0.5, 0.6) is 0 Å². The molecule has 18 heavy (non-hydrogen) atoms. The van der Waals surface area contributed by atoms with Crippen LogP contribution in [0.15, 0.2) is 24.3 Å². The number of benzene rings is 1. The summed E-state index contributed by atoms with van der Waals surface area (Å²) < 4.78 is 4.61. The Kier molecular flexibility index (Phi) is 4.03. The van der Waals surface area contributed by atoms with Gasteiger partial charge >= 0.3 is 5.97 Å². The number of esters is 1. The highest BCUT2D eigenvalue weighted by molar-refractivity contribution is 5.76. The third-order valence-electron chi connectivity index (χ3n) is 2.81. The van der Waals surface area contributed by atoms with Gasteiger partial charge in [-0.25, -0.2) is 0 Å². The predicted octanol–water partition coefficient (Wildman–Crippen LogP) is 1.83. The average molecular weight is 253 g/mol. The lowest BCUT2D eigenvalue weighted by molar-refractivity contribution is -0.384. The molecule has 0 radical (unpaired) electrons. The molecule has 0 aliphatic carbocycles. The third-order valence-corrected chi connectivity index (χ3v) is 2.81. The molecule has 0 fully saturated rings. The van der Waals surface area contributed by atoms with Gasteiger partial charge in [-0.3, -0.25) is 14.9 Å². The summed E-state index contributed by atoms with van der Waals surface area (Å²) in [4.78, 5) is 21.5. The lowest BCUT2D eigenvalue weighted by Gasteiger charge is -2.27. The lowest BCUT2D eigenvalue weighted by atomic mass is 9.82. The number of ether oxygens (including phenoxy) is 1. The summed E-state index contributed by atoms with van der Waals surface area (Å²) in [6, 6.07) is 5.42. The zero-order valence-electron chi connectivity index (χ0n) is 10.4. The van der Waals surface area contributed by atoms with E-state index in [0.29, 0.717) is 5.56 Å². The summed E-state index contributed by atoms with van der Waals surface area (Å²) in [5.41, 5.74) is -0.761. The maximum absolute atomic E-state index is 11.5. The van der Waals surface area contributed by atoms with Crippen molar-refractivity contribution in [2.45, 2.75) is 20.0 Å².